The topological polar surface area (TPSA) is 42.1 Å². The second kappa shape index (κ2) is 5.66. The van der Waals surface area contributed by atoms with Crippen molar-refractivity contribution in [2.75, 3.05) is 11.4 Å². The largest absolute Gasteiger partial charge is 0.364 e. The summed E-state index contributed by atoms with van der Waals surface area (Å²) in [7, 11) is 0. The Morgan fingerprint density at radius 1 is 1.44 bits per heavy atom. The molecule has 0 unspecified atom stereocenters. The van der Waals surface area contributed by atoms with E-state index in [0.29, 0.717) is 6.04 Å². The summed E-state index contributed by atoms with van der Waals surface area (Å²) in [5, 5.41) is 0. The molecule has 2 N–H and O–H groups in total. The van der Waals surface area contributed by atoms with Crippen LogP contribution in [-0.2, 0) is 0 Å². The SMILES string of the molecule is C=CCN(c1ccc([C@@H](C)N)nc1)C(C)C. The second-order valence-corrected chi connectivity index (χ2v) is 4.26. The Balaban J connectivity index is 2.89. The van der Waals surface area contributed by atoms with E-state index in [2.05, 4.69) is 36.4 Å². The van der Waals surface area contributed by atoms with Gasteiger partial charge in [-0.05, 0) is 32.9 Å². The highest BCUT2D eigenvalue weighted by Gasteiger charge is 2.09. The van der Waals surface area contributed by atoms with Crippen molar-refractivity contribution in [3.63, 3.8) is 0 Å². The van der Waals surface area contributed by atoms with Crippen molar-refractivity contribution >= 4 is 5.69 Å². The van der Waals surface area contributed by atoms with Crippen LogP contribution in [-0.4, -0.2) is 17.6 Å². The molecule has 3 nitrogen and oxygen atoms in total. The highest BCUT2D eigenvalue weighted by molar-refractivity contribution is 5.46. The van der Waals surface area contributed by atoms with Crippen molar-refractivity contribution < 1.29 is 0 Å². The molecule has 1 heterocycles. The summed E-state index contributed by atoms with van der Waals surface area (Å²) in [6, 6.07) is 4.47. The molecule has 0 aliphatic rings. The molecular formula is C13H21N3. The quantitative estimate of drug-likeness (QED) is 0.774. The van der Waals surface area contributed by atoms with Crippen LogP contribution >= 0.6 is 0 Å². The van der Waals surface area contributed by atoms with Gasteiger partial charge in [0.15, 0.2) is 0 Å². The maximum atomic E-state index is 5.77. The van der Waals surface area contributed by atoms with Crippen molar-refractivity contribution in [1.29, 1.82) is 0 Å². The van der Waals surface area contributed by atoms with Gasteiger partial charge in [0.25, 0.3) is 0 Å². The molecule has 0 amide bonds. The van der Waals surface area contributed by atoms with Crippen molar-refractivity contribution in [3.8, 4) is 0 Å². The van der Waals surface area contributed by atoms with Crippen molar-refractivity contribution in [3.05, 3.63) is 36.7 Å². The van der Waals surface area contributed by atoms with Crippen LogP contribution < -0.4 is 10.6 Å². The summed E-state index contributed by atoms with van der Waals surface area (Å²) in [5.41, 5.74) is 7.80. The molecule has 0 saturated carbocycles. The van der Waals surface area contributed by atoms with Crippen molar-refractivity contribution in [2.45, 2.75) is 32.9 Å². The first-order chi connectivity index (χ1) is 7.56. The molecule has 1 rings (SSSR count). The van der Waals surface area contributed by atoms with Crippen molar-refractivity contribution in [1.82, 2.24) is 4.98 Å². The lowest BCUT2D eigenvalue weighted by atomic mass is 10.2. The van der Waals surface area contributed by atoms with Crippen LogP contribution in [0.2, 0.25) is 0 Å². The van der Waals surface area contributed by atoms with Gasteiger partial charge in [0, 0.05) is 18.6 Å². The lowest BCUT2D eigenvalue weighted by Crippen LogP contribution is -2.30. The molecule has 0 aliphatic heterocycles. The maximum absolute atomic E-state index is 5.77. The molecule has 0 saturated heterocycles. The zero-order chi connectivity index (χ0) is 12.1. The fourth-order valence-corrected chi connectivity index (χ4v) is 1.59. The third-order valence-corrected chi connectivity index (χ3v) is 2.52. The molecule has 0 spiro atoms. The molecule has 16 heavy (non-hydrogen) atoms. The van der Waals surface area contributed by atoms with Crippen LogP contribution in [0, 0.1) is 0 Å². The van der Waals surface area contributed by atoms with Crippen LogP contribution in [0.1, 0.15) is 32.5 Å². The number of anilines is 1. The number of nitrogens with zero attached hydrogens (tertiary/aromatic N) is 2. The normalized spacial score (nSPS) is 12.6. The van der Waals surface area contributed by atoms with Crippen LogP contribution in [0.5, 0.6) is 0 Å². The number of pyridine rings is 1. The predicted octanol–water partition coefficient (Wildman–Crippen LogP) is 2.50. The van der Waals surface area contributed by atoms with Crippen LogP contribution in [0.3, 0.4) is 0 Å². The maximum Gasteiger partial charge on any atom is 0.0569 e. The Bertz CT molecular complexity index is 328. The molecule has 0 fully saturated rings. The van der Waals surface area contributed by atoms with E-state index in [0.717, 1.165) is 17.9 Å². The summed E-state index contributed by atoms with van der Waals surface area (Å²) < 4.78 is 0. The van der Waals surface area contributed by atoms with Crippen molar-refractivity contribution in [2.24, 2.45) is 5.73 Å². The van der Waals surface area contributed by atoms with Crippen LogP contribution in [0.25, 0.3) is 0 Å². The minimum absolute atomic E-state index is 0.0130. The number of nitrogens with two attached hydrogens (primary N) is 1. The molecular weight excluding hydrogens is 198 g/mol. The van der Waals surface area contributed by atoms with E-state index in [-0.39, 0.29) is 6.04 Å². The summed E-state index contributed by atoms with van der Waals surface area (Å²) in [4.78, 5) is 6.60. The first-order valence-electron chi connectivity index (χ1n) is 5.65. The molecule has 0 radical (unpaired) electrons. The van der Waals surface area contributed by atoms with Gasteiger partial charge in [-0.1, -0.05) is 6.08 Å². The van der Waals surface area contributed by atoms with Gasteiger partial charge in [0.1, 0.15) is 0 Å². The summed E-state index contributed by atoms with van der Waals surface area (Å²) in [6.45, 7) is 10.9. The van der Waals surface area contributed by atoms with Gasteiger partial charge in [-0.3, -0.25) is 4.98 Å². The molecule has 0 aromatic carbocycles. The minimum Gasteiger partial charge on any atom is -0.364 e. The van der Waals surface area contributed by atoms with Crippen LogP contribution in [0.4, 0.5) is 5.69 Å². The van der Waals surface area contributed by atoms with E-state index >= 15 is 0 Å². The highest BCUT2D eigenvalue weighted by Crippen LogP contribution is 2.17. The average molecular weight is 219 g/mol. The zero-order valence-electron chi connectivity index (χ0n) is 10.4. The second-order valence-electron chi connectivity index (χ2n) is 4.26. The molecule has 88 valence electrons. The highest BCUT2D eigenvalue weighted by atomic mass is 15.2. The van der Waals surface area contributed by atoms with E-state index in [1.807, 2.05) is 25.3 Å². The summed E-state index contributed by atoms with van der Waals surface area (Å²) in [5.74, 6) is 0. The summed E-state index contributed by atoms with van der Waals surface area (Å²) in [6.07, 6.45) is 3.78. The summed E-state index contributed by atoms with van der Waals surface area (Å²) >= 11 is 0. The third kappa shape index (κ3) is 3.07. The predicted molar refractivity (Wildman–Crippen MR) is 69.5 cm³/mol. The first-order valence-corrected chi connectivity index (χ1v) is 5.65. The molecule has 1 aromatic heterocycles. The molecule has 1 aromatic rings. The number of hydrogen-bond acceptors (Lipinski definition) is 3. The van der Waals surface area contributed by atoms with E-state index in [4.69, 9.17) is 5.73 Å². The Morgan fingerprint density at radius 2 is 2.12 bits per heavy atom. The Morgan fingerprint density at radius 3 is 2.50 bits per heavy atom. The minimum atomic E-state index is -0.0130. The van der Waals surface area contributed by atoms with E-state index in [9.17, 15) is 0 Å². The van der Waals surface area contributed by atoms with E-state index in [1.54, 1.807) is 0 Å². The Hall–Kier alpha value is -1.35. The lowest BCUT2D eigenvalue weighted by Gasteiger charge is -2.27. The fourth-order valence-electron chi connectivity index (χ4n) is 1.59. The lowest BCUT2D eigenvalue weighted by molar-refractivity contribution is 0.718. The van der Waals surface area contributed by atoms with Gasteiger partial charge in [-0.25, -0.2) is 0 Å². The number of rotatable bonds is 5. The van der Waals surface area contributed by atoms with Crippen LogP contribution in [0.15, 0.2) is 31.0 Å². The Labute approximate surface area is 98.0 Å². The third-order valence-electron chi connectivity index (χ3n) is 2.52. The Kier molecular flexibility index (Phi) is 4.50. The average Bonchev–Trinajstić information content (AvgIpc) is 2.25. The molecule has 0 aliphatic carbocycles. The van der Waals surface area contributed by atoms with Gasteiger partial charge in [-0.2, -0.15) is 0 Å². The standard InChI is InChI=1S/C13H21N3/c1-5-8-16(10(2)3)12-6-7-13(11(4)14)15-9-12/h5-7,9-11H,1,8,14H2,2-4H3/t11-/m1/s1. The molecule has 1 atom stereocenters. The van der Waals surface area contributed by atoms with Gasteiger partial charge in [0.2, 0.25) is 0 Å². The smallest absolute Gasteiger partial charge is 0.0569 e. The van der Waals surface area contributed by atoms with Gasteiger partial charge in [0.05, 0.1) is 17.6 Å². The van der Waals surface area contributed by atoms with Gasteiger partial charge < -0.3 is 10.6 Å². The van der Waals surface area contributed by atoms with Gasteiger partial charge >= 0.3 is 0 Å². The van der Waals surface area contributed by atoms with E-state index < -0.39 is 0 Å². The number of aromatic nitrogens is 1. The molecule has 3 heteroatoms. The zero-order valence-corrected chi connectivity index (χ0v) is 10.4. The number of hydrogen-bond donors (Lipinski definition) is 1. The monoisotopic (exact) mass is 219 g/mol. The first kappa shape index (κ1) is 12.7. The molecule has 0 bridgehead atoms. The van der Waals surface area contributed by atoms with Gasteiger partial charge in [-0.15, -0.1) is 6.58 Å². The van der Waals surface area contributed by atoms with E-state index in [1.165, 1.54) is 0 Å². The fraction of sp³-hybridized carbons (Fsp3) is 0.462.